The number of nitrogens with zero attached hydrogens (tertiary/aromatic N) is 4. The molecule has 1 aliphatic heterocycles. The summed E-state index contributed by atoms with van der Waals surface area (Å²) in [6, 6.07) is 12.9. The predicted octanol–water partition coefficient (Wildman–Crippen LogP) is 3.67. The Morgan fingerprint density at radius 1 is 0.857 bits per heavy atom. The van der Waals surface area contributed by atoms with Gasteiger partial charge in [0.05, 0.1) is 19.1 Å². The first-order valence-electron chi connectivity index (χ1n) is 11.4. The second-order valence-corrected chi connectivity index (χ2v) is 10.4. The maximum absolute atomic E-state index is 13.4. The molecule has 0 unspecified atom stereocenters. The Kier molecular flexibility index (Phi) is 7.13. The normalized spacial score (nSPS) is 14.6. The van der Waals surface area contributed by atoms with Gasteiger partial charge in [0.1, 0.15) is 17.3 Å². The fraction of sp³-hybridized carbons (Fsp3) is 0.360. The van der Waals surface area contributed by atoms with E-state index in [0.29, 0.717) is 54.2 Å². The highest BCUT2D eigenvalue weighted by molar-refractivity contribution is 7.89. The van der Waals surface area contributed by atoms with Gasteiger partial charge in [0.25, 0.3) is 0 Å². The molecule has 2 heterocycles. The van der Waals surface area contributed by atoms with Crippen molar-refractivity contribution in [3.63, 3.8) is 0 Å². The molecule has 1 fully saturated rings. The molecule has 10 heteroatoms. The third kappa shape index (κ3) is 5.33. The quantitative estimate of drug-likeness (QED) is 0.528. The molecular formula is C25H31N5O4S. The van der Waals surface area contributed by atoms with E-state index >= 15 is 0 Å². The van der Waals surface area contributed by atoms with E-state index in [1.54, 1.807) is 33.3 Å². The highest BCUT2D eigenvalue weighted by atomic mass is 32.2. The van der Waals surface area contributed by atoms with E-state index < -0.39 is 10.0 Å². The second kappa shape index (κ2) is 10.1. The van der Waals surface area contributed by atoms with Crippen molar-refractivity contribution in [1.82, 2.24) is 14.3 Å². The number of sulfonamides is 1. The van der Waals surface area contributed by atoms with Crippen molar-refractivity contribution in [3.8, 4) is 11.5 Å². The van der Waals surface area contributed by atoms with Crippen LogP contribution in [0, 0.1) is 20.8 Å². The highest BCUT2D eigenvalue weighted by Crippen LogP contribution is 2.29. The Labute approximate surface area is 206 Å². The molecule has 9 nitrogen and oxygen atoms in total. The maximum atomic E-state index is 13.4. The lowest BCUT2D eigenvalue weighted by Gasteiger charge is -2.34. The van der Waals surface area contributed by atoms with E-state index in [1.807, 2.05) is 49.1 Å². The van der Waals surface area contributed by atoms with Crippen LogP contribution in [-0.2, 0) is 10.0 Å². The zero-order valence-corrected chi connectivity index (χ0v) is 21.5. The van der Waals surface area contributed by atoms with E-state index in [-0.39, 0.29) is 0 Å². The van der Waals surface area contributed by atoms with E-state index in [1.165, 1.54) is 4.31 Å². The monoisotopic (exact) mass is 497 g/mol. The number of aromatic nitrogens is 2. The molecule has 0 atom stereocenters. The molecule has 3 aromatic rings. The minimum Gasteiger partial charge on any atom is -0.497 e. The van der Waals surface area contributed by atoms with Gasteiger partial charge < -0.3 is 19.7 Å². The number of piperazine rings is 1. The molecule has 0 radical (unpaired) electrons. The molecule has 35 heavy (non-hydrogen) atoms. The zero-order chi connectivity index (χ0) is 25.2. The van der Waals surface area contributed by atoms with E-state index in [4.69, 9.17) is 9.47 Å². The van der Waals surface area contributed by atoms with Gasteiger partial charge >= 0.3 is 0 Å². The topological polar surface area (TPSA) is 96.9 Å². The van der Waals surface area contributed by atoms with E-state index in [0.717, 1.165) is 22.7 Å². The summed E-state index contributed by atoms with van der Waals surface area (Å²) in [6.45, 7) is 7.26. The fourth-order valence-electron chi connectivity index (χ4n) is 4.11. The van der Waals surface area contributed by atoms with Gasteiger partial charge in [-0.3, -0.25) is 0 Å². The molecule has 0 bridgehead atoms. The molecule has 0 aliphatic carbocycles. The Hall–Kier alpha value is -3.37. The lowest BCUT2D eigenvalue weighted by Crippen LogP contribution is -2.49. The molecule has 4 rings (SSSR count). The molecule has 186 valence electrons. The van der Waals surface area contributed by atoms with Crippen molar-refractivity contribution in [1.29, 1.82) is 0 Å². The maximum Gasteiger partial charge on any atom is 0.243 e. The Bertz CT molecular complexity index is 1300. The number of ether oxygens (including phenoxy) is 2. The SMILES string of the molecule is COc1ccc(Nc2cc(C)nc(N3CCN(S(=O)(=O)c4cc(C)c(OC)cc4C)CC3)n2)cc1. The molecular weight excluding hydrogens is 466 g/mol. The van der Waals surface area contributed by atoms with Gasteiger partial charge in [-0.15, -0.1) is 0 Å². The van der Waals surface area contributed by atoms with Crippen LogP contribution >= 0.6 is 0 Å². The summed E-state index contributed by atoms with van der Waals surface area (Å²) in [5, 5.41) is 3.30. The first-order valence-corrected chi connectivity index (χ1v) is 12.8. The van der Waals surface area contributed by atoms with Gasteiger partial charge in [-0.25, -0.2) is 13.4 Å². The minimum absolute atomic E-state index is 0.321. The van der Waals surface area contributed by atoms with Crippen LogP contribution < -0.4 is 19.7 Å². The number of hydrogen-bond donors (Lipinski definition) is 1. The van der Waals surface area contributed by atoms with Crippen LogP contribution in [0.5, 0.6) is 11.5 Å². The smallest absolute Gasteiger partial charge is 0.243 e. The average molecular weight is 498 g/mol. The lowest BCUT2D eigenvalue weighted by atomic mass is 10.1. The van der Waals surface area contributed by atoms with Gasteiger partial charge in [-0.05, 0) is 68.3 Å². The van der Waals surface area contributed by atoms with Crippen molar-refractivity contribution in [3.05, 3.63) is 59.3 Å². The number of methoxy groups -OCH3 is 2. The standard InChI is InChI=1S/C25H31N5O4S/c1-17-15-23(18(2)14-22(17)34-5)35(31,32)30-12-10-29(11-13-30)25-26-19(3)16-24(28-25)27-20-6-8-21(33-4)9-7-20/h6-9,14-16H,10-13H2,1-5H3,(H,26,27,28). The predicted molar refractivity (Wildman–Crippen MR) is 136 cm³/mol. The fourth-order valence-corrected chi connectivity index (χ4v) is 5.82. The number of rotatable bonds is 7. The molecule has 0 spiro atoms. The third-order valence-electron chi connectivity index (χ3n) is 6.04. The molecule has 1 N–H and O–H groups in total. The molecule has 1 aliphatic rings. The summed E-state index contributed by atoms with van der Waals surface area (Å²) in [5.74, 6) is 2.72. The van der Waals surface area contributed by atoms with Crippen LogP contribution in [0.1, 0.15) is 16.8 Å². The largest absolute Gasteiger partial charge is 0.497 e. The highest BCUT2D eigenvalue weighted by Gasteiger charge is 2.31. The summed E-state index contributed by atoms with van der Waals surface area (Å²) in [7, 11) is -0.405. The number of benzene rings is 2. The number of aryl methyl sites for hydroxylation is 3. The molecule has 2 aromatic carbocycles. The summed E-state index contributed by atoms with van der Waals surface area (Å²) < 4.78 is 38.8. The summed E-state index contributed by atoms with van der Waals surface area (Å²) in [4.78, 5) is 11.6. The second-order valence-electron chi connectivity index (χ2n) is 8.53. The molecule has 1 aromatic heterocycles. The van der Waals surface area contributed by atoms with Gasteiger partial charge in [0, 0.05) is 43.6 Å². The first kappa shape index (κ1) is 24.7. The first-order chi connectivity index (χ1) is 16.7. The van der Waals surface area contributed by atoms with Crippen molar-refractivity contribution < 1.29 is 17.9 Å². The summed E-state index contributed by atoms with van der Waals surface area (Å²) in [6.07, 6.45) is 0. The van der Waals surface area contributed by atoms with E-state index in [9.17, 15) is 8.42 Å². The number of hydrogen-bond acceptors (Lipinski definition) is 8. The number of anilines is 3. The van der Waals surface area contributed by atoms with Gasteiger partial charge in [-0.2, -0.15) is 9.29 Å². The van der Waals surface area contributed by atoms with Crippen molar-refractivity contribution in [2.45, 2.75) is 25.7 Å². The van der Waals surface area contributed by atoms with Gasteiger partial charge in [0.2, 0.25) is 16.0 Å². The molecule has 1 saturated heterocycles. The van der Waals surface area contributed by atoms with Crippen LogP contribution in [-0.4, -0.2) is 63.1 Å². The van der Waals surface area contributed by atoms with Crippen molar-refractivity contribution >= 4 is 27.5 Å². The van der Waals surface area contributed by atoms with Crippen molar-refractivity contribution in [2.75, 3.05) is 50.6 Å². The van der Waals surface area contributed by atoms with Crippen molar-refractivity contribution in [2.24, 2.45) is 0 Å². The number of nitrogens with one attached hydrogen (secondary N) is 1. The Morgan fingerprint density at radius 3 is 2.17 bits per heavy atom. The molecule has 0 saturated carbocycles. The third-order valence-corrected chi connectivity index (χ3v) is 8.08. The average Bonchev–Trinajstić information content (AvgIpc) is 2.85. The summed E-state index contributed by atoms with van der Waals surface area (Å²) in [5.41, 5.74) is 3.17. The van der Waals surface area contributed by atoms with Crippen LogP contribution in [0.3, 0.4) is 0 Å². The zero-order valence-electron chi connectivity index (χ0n) is 20.7. The molecule has 0 amide bonds. The van der Waals surface area contributed by atoms with Gasteiger partial charge in [-0.1, -0.05) is 0 Å². The Morgan fingerprint density at radius 2 is 1.54 bits per heavy atom. The summed E-state index contributed by atoms with van der Waals surface area (Å²) >= 11 is 0. The van der Waals surface area contributed by atoms with Crippen LogP contribution in [0.15, 0.2) is 47.4 Å². The minimum atomic E-state index is -3.62. The van der Waals surface area contributed by atoms with E-state index in [2.05, 4.69) is 15.3 Å². The van der Waals surface area contributed by atoms with Gasteiger partial charge in [0.15, 0.2) is 0 Å². The Balaban J connectivity index is 1.48. The lowest BCUT2D eigenvalue weighted by molar-refractivity contribution is 0.382. The van der Waals surface area contributed by atoms with Crippen LogP contribution in [0.2, 0.25) is 0 Å². The van der Waals surface area contributed by atoms with Crippen LogP contribution in [0.25, 0.3) is 0 Å². The van der Waals surface area contributed by atoms with Crippen LogP contribution in [0.4, 0.5) is 17.5 Å².